The van der Waals surface area contributed by atoms with Gasteiger partial charge in [0.1, 0.15) is 5.54 Å². The molecule has 7 heteroatoms. The van der Waals surface area contributed by atoms with Gasteiger partial charge in [-0.25, -0.2) is 9.59 Å². The molecule has 0 radical (unpaired) electrons. The van der Waals surface area contributed by atoms with Crippen LogP contribution in [0, 0.1) is 0 Å². The molecule has 0 aliphatic rings. The zero-order chi connectivity index (χ0) is 15.5. The summed E-state index contributed by atoms with van der Waals surface area (Å²) >= 11 is 9.14. The van der Waals surface area contributed by atoms with Gasteiger partial charge in [0.05, 0.1) is 5.02 Å². The normalized spacial score (nSPS) is 11.1. The molecule has 0 aliphatic heterocycles. The molecule has 0 heterocycles. The second-order valence-corrected chi connectivity index (χ2v) is 5.93. The van der Waals surface area contributed by atoms with Crippen molar-refractivity contribution in [2.24, 2.45) is 0 Å². The molecule has 5 nitrogen and oxygen atoms in total. The van der Waals surface area contributed by atoms with Crippen molar-refractivity contribution in [1.29, 1.82) is 0 Å². The number of urea groups is 1. The molecule has 1 aromatic carbocycles. The highest BCUT2D eigenvalue weighted by molar-refractivity contribution is 9.10. The van der Waals surface area contributed by atoms with Crippen LogP contribution in [0.5, 0.6) is 0 Å². The van der Waals surface area contributed by atoms with Crippen LogP contribution in [0.2, 0.25) is 5.02 Å². The first-order valence-corrected chi connectivity index (χ1v) is 7.14. The molecule has 1 rings (SSSR count). The molecular formula is C13H16BrClN2O3. The summed E-state index contributed by atoms with van der Waals surface area (Å²) in [7, 11) is 0. The molecule has 0 unspecified atom stereocenters. The molecule has 0 fully saturated rings. The van der Waals surface area contributed by atoms with Crippen LogP contribution in [0.4, 0.5) is 10.5 Å². The Balaban J connectivity index is 2.93. The molecule has 1 aromatic rings. The lowest BCUT2D eigenvalue weighted by molar-refractivity contribution is -0.147. The fraction of sp³-hybridized carbons (Fsp3) is 0.385. The first kappa shape index (κ1) is 16.8. The largest absolute Gasteiger partial charge is 0.480 e. The molecule has 2 amide bonds. The first-order valence-electron chi connectivity index (χ1n) is 5.97. The second-order valence-electron chi connectivity index (χ2n) is 4.67. The van der Waals surface area contributed by atoms with Gasteiger partial charge in [-0.15, -0.1) is 0 Å². The van der Waals surface area contributed by atoms with Gasteiger partial charge in [-0.2, -0.15) is 0 Å². The van der Waals surface area contributed by atoms with Crippen LogP contribution < -0.4 is 5.32 Å². The number of carbonyl (C=O) groups excluding carboxylic acids is 1. The van der Waals surface area contributed by atoms with E-state index in [9.17, 15) is 14.7 Å². The van der Waals surface area contributed by atoms with Crippen LogP contribution in [0.25, 0.3) is 0 Å². The molecule has 20 heavy (non-hydrogen) atoms. The quantitative estimate of drug-likeness (QED) is 0.854. The lowest BCUT2D eigenvalue weighted by atomic mass is 10.0. The molecule has 0 aliphatic carbocycles. The number of carbonyl (C=O) groups is 2. The number of rotatable bonds is 4. The predicted molar refractivity (Wildman–Crippen MR) is 82.3 cm³/mol. The van der Waals surface area contributed by atoms with E-state index in [0.29, 0.717) is 15.2 Å². The molecular weight excluding hydrogens is 348 g/mol. The van der Waals surface area contributed by atoms with Crippen LogP contribution in [-0.4, -0.2) is 34.1 Å². The molecule has 0 saturated carbocycles. The van der Waals surface area contributed by atoms with Crippen LogP contribution in [0.3, 0.4) is 0 Å². The number of aliphatic carboxylic acids is 1. The Labute approximate surface area is 131 Å². The van der Waals surface area contributed by atoms with Crippen LogP contribution in [0.1, 0.15) is 20.8 Å². The van der Waals surface area contributed by atoms with Gasteiger partial charge in [-0.05, 0) is 54.9 Å². The average molecular weight is 364 g/mol. The summed E-state index contributed by atoms with van der Waals surface area (Å²) in [6.07, 6.45) is 0. The van der Waals surface area contributed by atoms with Gasteiger partial charge in [-0.3, -0.25) is 0 Å². The number of amides is 2. The number of nitrogens with one attached hydrogen (secondary N) is 1. The zero-order valence-corrected chi connectivity index (χ0v) is 13.7. The number of benzene rings is 1. The molecule has 0 atom stereocenters. The second kappa shape index (κ2) is 6.45. The zero-order valence-electron chi connectivity index (χ0n) is 11.4. The van der Waals surface area contributed by atoms with Gasteiger partial charge in [-0.1, -0.05) is 11.6 Å². The highest BCUT2D eigenvalue weighted by Gasteiger charge is 2.36. The Morgan fingerprint density at radius 3 is 2.50 bits per heavy atom. The maximum absolute atomic E-state index is 12.2. The van der Waals surface area contributed by atoms with E-state index in [1.807, 2.05) is 0 Å². The molecule has 0 spiro atoms. The summed E-state index contributed by atoms with van der Waals surface area (Å²) in [5, 5.41) is 12.4. The lowest BCUT2D eigenvalue weighted by Gasteiger charge is -2.34. The third-order valence-corrected chi connectivity index (χ3v) is 4.14. The van der Waals surface area contributed by atoms with E-state index in [1.54, 1.807) is 25.1 Å². The SMILES string of the molecule is CCN(C(=O)Nc1ccc(Cl)c(Br)c1)C(C)(C)C(=O)O. The standard InChI is InChI=1S/C13H16BrClN2O3/c1-4-17(13(2,3)11(18)19)12(20)16-8-5-6-10(15)9(14)7-8/h5-7H,4H2,1-3H3,(H,16,20)(H,18,19). The van der Waals surface area contributed by atoms with E-state index in [2.05, 4.69) is 21.2 Å². The van der Waals surface area contributed by atoms with Crippen molar-refractivity contribution >= 4 is 45.2 Å². The van der Waals surface area contributed by atoms with Crippen LogP contribution in [0.15, 0.2) is 22.7 Å². The third-order valence-electron chi connectivity index (χ3n) is 2.93. The summed E-state index contributed by atoms with van der Waals surface area (Å²) in [5.74, 6) is -1.06. The summed E-state index contributed by atoms with van der Waals surface area (Å²) in [6.45, 7) is 4.97. The van der Waals surface area contributed by atoms with E-state index in [4.69, 9.17) is 11.6 Å². The molecule has 0 saturated heterocycles. The van der Waals surface area contributed by atoms with Crippen molar-refractivity contribution in [2.75, 3.05) is 11.9 Å². The van der Waals surface area contributed by atoms with E-state index in [-0.39, 0.29) is 6.54 Å². The Morgan fingerprint density at radius 1 is 1.45 bits per heavy atom. The number of nitrogens with zero attached hydrogens (tertiary/aromatic N) is 1. The summed E-state index contributed by atoms with van der Waals surface area (Å²) < 4.78 is 0.650. The van der Waals surface area contributed by atoms with Gasteiger partial charge < -0.3 is 15.3 Å². The minimum atomic E-state index is -1.29. The fourth-order valence-corrected chi connectivity index (χ4v) is 2.17. The van der Waals surface area contributed by atoms with Crippen molar-refractivity contribution in [3.05, 3.63) is 27.7 Å². The van der Waals surface area contributed by atoms with Crippen LogP contribution >= 0.6 is 27.5 Å². The number of hydrogen-bond acceptors (Lipinski definition) is 2. The van der Waals surface area contributed by atoms with E-state index < -0.39 is 17.5 Å². The van der Waals surface area contributed by atoms with Crippen molar-refractivity contribution in [2.45, 2.75) is 26.3 Å². The number of carboxylic acid groups (broad SMARTS) is 1. The number of halogens is 2. The lowest BCUT2D eigenvalue weighted by Crippen LogP contribution is -2.54. The summed E-state index contributed by atoms with van der Waals surface area (Å²) in [6, 6.07) is 4.46. The maximum atomic E-state index is 12.2. The summed E-state index contributed by atoms with van der Waals surface area (Å²) in [5.41, 5.74) is -0.756. The number of hydrogen-bond donors (Lipinski definition) is 2. The minimum absolute atomic E-state index is 0.278. The van der Waals surface area contributed by atoms with E-state index in [1.165, 1.54) is 18.7 Å². The van der Waals surface area contributed by atoms with Gasteiger partial charge >= 0.3 is 12.0 Å². The van der Waals surface area contributed by atoms with Crippen molar-refractivity contribution in [1.82, 2.24) is 4.90 Å². The number of likely N-dealkylation sites (N-methyl/N-ethyl adjacent to an activating group) is 1. The Bertz CT molecular complexity index is 534. The predicted octanol–water partition coefficient (Wildman–Crippen LogP) is 3.82. The molecule has 0 bridgehead atoms. The van der Waals surface area contributed by atoms with E-state index >= 15 is 0 Å². The van der Waals surface area contributed by atoms with Crippen LogP contribution in [-0.2, 0) is 4.79 Å². The number of anilines is 1. The molecule has 2 N–H and O–H groups in total. The van der Waals surface area contributed by atoms with Gasteiger partial charge in [0.15, 0.2) is 0 Å². The Hall–Kier alpha value is -1.27. The minimum Gasteiger partial charge on any atom is -0.480 e. The Kier molecular flexibility index (Phi) is 5.42. The molecule has 0 aromatic heterocycles. The van der Waals surface area contributed by atoms with E-state index in [0.717, 1.165) is 0 Å². The topological polar surface area (TPSA) is 69.6 Å². The first-order chi connectivity index (χ1) is 9.20. The fourth-order valence-electron chi connectivity index (χ4n) is 1.67. The van der Waals surface area contributed by atoms with Crippen molar-refractivity contribution in [3.8, 4) is 0 Å². The highest BCUT2D eigenvalue weighted by Crippen LogP contribution is 2.26. The smallest absolute Gasteiger partial charge is 0.329 e. The Morgan fingerprint density at radius 2 is 2.05 bits per heavy atom. The number of carboxylic acids is 1. The monoisotopic (exact) mass is 362 g/mol. The van der Waals surface area contributed by atoms with Crippen molar-refractivity contribution in [3.63, 3.8) is 0 Å². The average Bonchev–Trinajstić information content (AvgIpc) is 2.34. The molecule has 110 valence electrons. The van der Waals surface area contributed by atoms with Gasteiger partial charge in [0.2, 0.25) is 0 Å². The third kappa shape index (κ3) is 3.64. The van der Waals surface area contributed by atoms with Gasteiger partial charge in [0, 0.05) is 16.7 Å². The highest BCUT2D eigenvalue weighted by atomic mass is 79.9. The maximum Gasteiger partial charge on any atom is 0.329 e. The summed E-state index contributed by atoms with van der Waals surface area (Å²) in [4.78, 5) is 24.7. The van der Waals surface area contributed by atoms with Crippen molar-refractivity contribution < 1.29 is 14.7 Å². The van der Waals surface area contributed by atoms with Gasteiger partial charge in [0.25, 0.3) is 0 Å².